The summed E-state index contributed by atoms with van der Waals surface area (Å²) in [5.74, 6) is 0.852. The van der Waals surface area contributed by atoms with Gasteiger partial charge in [0.15, 0.2) is 0 Å². The van der Waals surface area contributed by atoms with Crippen LogP contribution in [0.1, 0.15) is 17.5 Å². The summed E-state index contributed by atoms with van der Waals surface area (Å²) < 4.78 is 0. The van der Waals surface area contributed by atoms with E-state index >= 15 is 0 Å². The third-order valence-electron chi connectivity index (χ3n) is 3.23. The van der Waals surface area contributed by atoms with Gasteiger partial charge in [0.2, 0.25) is 0 Å². The van der Waals surface area contributed by atoms with Crippen LogP contribution in [-0.2, 0) is 0 Å². The summed E-state index contributed by atoms with van der Waals surface area (Å²) >= 11 is 0. The monoisotopic (exact) mass is 186 g/mol. The van der Waals surface area contributed by atoms with Crippen molar-refractivity contribution in [2.45, 2.75) is 19.4 Å². The molecule has 1 aromatic rings. The van der Waals surface area contributed by atoms with Crippen molar-refractivity contribution in [3.63, 3.8) is 0 Å². The zero-order valence-electron chi connectivity index (χ0n) is 8.33. The van der Waals surface area contributed by atoms with Crippen LogP contribution >= 0.6 is 0 Å². The Balaban J connectivity index is 1.92. The highest BCUT2D eigenvalue weighted by molar-refractivity contribution is 5.69. The SMILES string of the molecule is Cc1cncc(C2=C[C@H]3NC[C@H]3C2)c1. The summed E-state index contributed by atoms with van der Waals surface area (Å²) in [7, 11) is 0. The molecule has 0 saturated carbocycles. The molecule has 0 bridgehead atoms. The van der Waals surface area contributed by atoms with Crippen LogP contribution < -0.4 is 5.32 Å². The third kappa shape index (κ3) is 1.18. The number of nitrogens with zero attached hydrogens (tertiary/aromatic N) is 1. The van der Waals surface area contributed by atoms with Crippen LogP contribution in [0.2, 0.25) is 0 Å². The minimum absolute atomic E-state index is 0.644. The van der Waals surface area contributed by atoms with Crippen molar-refractivity contribution in [3.8, 4) is 0 Å². The fourth-order valence-electron chi connectivity index (χ4n) is 2.33. The predicted molar refractivity (Wildman–Crippen MR) is 56.8 cm³/mol. The topological polar surface area (TPSA) is 24.9 Å². The first-order valence-corrected chi connectivity index (χ1v) is 5.19. The van der Waals surface area contributed by atoms with E-state index in [0.29, 0.717) is 6.04 Å². The number of allylic oxidation sites excluding steroid dienone is 1. The van der Waals surface area contributed by atoms with E-state index in [1.54, 1.807) is 0 Å². The minimum Gasteiger partial charge on any atom is -0.310 e. The van der Waals surface area contributed by atoms with Gasteiger partial charge in [-0.25, -0.2) is 0 Å². The van der Waals surface area contributed by atoms with Gasteiger partial charge in [-0.1, -0.05) is 6.08 Å². The van der Waals surface area contributed by atoms with E-state index in [-0.39, 0.29) is 0 Å². The Bertz CT molecular complexity index is 395. The van der Waals surface area contributed by atoms with Crippen molar-refractivity contribution in [2.75, 3.05) is 6.54 Å². The van der Waals surface area contributed by atoms with E-state index in [9.17, 15) is 0 Å². The highest BCUT2D eigenvalue weighted by atomic mass is 15.0. The lowest BCUT2D eigenvalue weighted by molar-refractivity contribution is 0.301. The first-order chi connectivity index (χ1) is 6.83. The number of nitrogens with one attached hydrogen (secondary N) is 1. The number of hydrogen-bond acceptors (Lipinski definition) is 2. The maximum atomic E-state index is 4.24. The second-order valence-corrected chi connectivity index (χ2v) is 4.34. The molecular formula is C12H14N2. The fraction of sp³-hybridized carbons (Fsp3) is 0.417. The number of fused-ring (bicyclic) bond motifs is 1. The molecule has 2 atom stereocenters. The number of rotatable bonds is 1. The first kappa shape index (κ1) is 8.18. The van der Waals surface area contributed by atoms with E-state index in [2.05, 4.69) is 29.4 Å². The van der Waals surface area contributed by atoms with Crippen molar-refractivity contribution in [1.29, 1.82) is 0 Å². The standard InChI is InChI=1S/C12H14N2/c1-8-2-10(6-13-5-8)9-3-11-7-14-12(11)4-9/h2,4-6,11-12,14H,3,7H2,1H3/t11-,12-/m1/s1. The van der Waals surface area contributed by atoms with Gasteiger partial charge in [0.1, 0.15) is 0 Å². The Morgan fingerprint density at radius 3 is 2.93 bits per heavy atom. The van der Waals surface area contributed by atoms with Gasteiger partial charge in [-0.2, -0.15) is 0 Å². The van der Waals surface area contributed by atoms with Crippen molar-refractivity contribution in [3.05, 3.63) is 35.7 Å². The molecule has 0 radical (unpaired) electrons. The van der Waals surface area contributed by atoms with Crippen LogP contribution in [0.3, 0.4) is 0 Å². The van der Waals surface area contributed by atoms with Crippen molar-refractivity contribution < 1.29 is 0 Å². The molecule has 1 aliphatic heterocycles. The van der Waals surface area contributed by atoms with Gasteiger partial charge in [0, 0.05) is 25.0 Å². The Morgan fingerprint density at radius 2 is 2.36 bits per heavy atom. The van der Waals surface area contributed by atoms with Gasteiger partial charge in [-0.3, -0.25) is 4.98 Å². The fourth-order valence-corrected chi connectivity index (χ4v) is 2.33. The lowest BCUT2D eigenvalue weighted by Gasteiger charge is -2.31. The zero-order valence-corrected chi connectivity index (χ0v) is 8.33. The van der Waals surface area contributed by atoms with Gasteiger partial charge in [-0.15, -0.1) is 0 Å². The van der Waals surface area contributed by atoms with Gasteiger partial charge in [0.05, 0.1) is 0 Å². The second-order valence-electron chi connectivity index (χ2n) is 4.34. The van der Waals surface area contributed by atoms with Gasteiger partial charge in [-0.05, 0) is 42.0 Å². The number of hydrogen-bond donors (Lipinski definition) is 1. The normalized spacial score (nSPS) is 29.4. The molecule has 1 N–H and O–H groups in total. The summed E-state index contributed by atoms with van der Waals surface area (Å²) in [6.07, 6.45) is 7.48. The van der Waals surface area contributed by atoms with E-state index in [4.69, 9.17) is 0 Å². The Morgan fingerprint density at radius 1 is 1.43 bits per heavy atom. The largest absolute Gasteiger partial charge is 0.310 e. The molecule has 14 heavy (non-hydrogen) atoms. The Labute approximate surface area is 84.1 Å². The minimum atomic E-state index is 0.644. The molecule has 72 valence electrons. The van der Waals surface area contributed by atoms with Gasteiger partial charge in [0.25, 0.3) is 0 Å². The summed E-state index contributed by atoms with van der Waals surface area (Å²) in [6, 6.07) is 2.87. The molecule has 0 spiro atoms. The maximum Gasteiger partial charge on any atom is 0.0343 e. The summed E-state index contributed by atoms with van der Waals surface area (Å²) in [4.78, 5) is 4.24. The summed E-state index contributed by atoms with van der Waals surface area (Å²) in [5.41, 5.74) is 4.03. The predicted octanol–water partition coefficient (Wildman–Crippen LogP) is 1.77. The van der Waals surface area contributed by atoms with Crippen molar-refractivity contribution in [1.82, 2.24) is 10.3 Å². The number of pyridine rings is 1. The molecule has 0 unspecified atom stereocenters. The van der Waals surface area contributed by atoms with E-state index in [1.807, 2.05) is 12.4 Å². The molecule has 2 aliphatic rings. The Kier molecular flexibility index (Phi) is 1.71. The average molecular weight is 186 g/mol. The molecular weight excluding hydrogens is 172 g/mol. The van der Waals surface area contributed by atoms with Crippen molar-refractivity contribution in [2.24, 2.45) is 5.92 Å². The maximum absolute atomic E-state index is 4.24. The highest BCUT2D eigenvalue weighted by Gasteiger charge is 2.34. The summed E-state index contributed by atoms with van der Waals surface area (Å²) in [6.45, 7) is 3.28. The Hall–Kier alpha value is -1.15. The molecule has 1 aliphatic carbocycles. The lowest BCUT2D eigenvalue weighted by Crippen LogP contribution is -2.49. The van der Waals surface area contributed by atoms with Crippen LogP contribution in [0.5, 0.6) is 0 Å². The molecule has 2 heteroatoms. The first-order valence-electron chi connectivity index (χ1n) is 5.19. The van der Waals surface area contributed by atoms with E-state index < -0.39 is 0 Å². The molecule has 1 saturated heterocycles. The molecule has 0 amide bonds. The van der Waals surface area contributed by atoms with Crippen LogP contribution in [0.15, 0.2) is 24.5 Å². The van der Waals surface area contributed by atoms with E-state index in [1.165, 1.54) is 29.7 Å². The quantitative estimate of drug-likeness (QED) is 0.723. The molecule has 0 aromatic carbocycles. The van der Waals surface area contributed by atoms with Crippen molar-refractivity contribution >= 4 is 5.57 Å². The number of aromatic nitrogens is 1. The molecule has 3 rings (SSSR count). The summed E-state index contributed by atoms with van der Waals surface area (Å²) in [5, 5.41) is 3.42. The van der Waals surface area contributed by atoms with Gasteiger partial charge < -0.3 is 5.32 Å². The van der Waals surface area contributed by atoms with Gasteiger partial charge >= 0.3 is 0 Å². The second kappa shape index (κ2) is 2.92. The molecule has 2 heterocycles. The molecule has 2 nitrogen and oxygen atoms in total. The van der Waals surface area contributed by atoms with Crippen LogP contribution in [0.25, 0.3) is 5.57 Å². The third-order valence-corrected chi connectivity index (χ3v) is 3.23. The van der Waals surface area contributed by atoms with Crippen LogP contribution in [-0.4, -0.2) is 17.6 Å². The van der Waals surface area contributed by atoms with Crippen LogP contribution in [0, 0.1) is 12.8 Å². The molecule has 1 aromatic heterocycles. The number of aryl methyl sites for hydroxylation is 1. The smallest absolute Gasteiger partial charge is 0.0343 e. The zero-order chi connectivity index (χ0) is 9.54. The average Bonchev–Trinajstić information content (AvgIpc) is 2.43. The molecule has 1 fully saturated rings. The van der Waals surface area contributed by atoms with E-state index in [0.717, 1.165) is 5.92 Å². The highest BCUT2D eigenvalue weighted by Crippen LogP contribution is 2.36. The lowest BCUT2D eigenvalue weighted by atomic mass is 9.93. The van der Waals surface area contributed by atoms with Crippen LogP contribution in [0.4, 0.5) is 0 Å².